The second kappa shape index (κ2) is 9.00. The zero-order valence-corrected chi connectivity index (χ0v) is 17.9. The molecule has 3 rings (SSSR count). The molecule has 0 aliphatic rings. The standard InChI is InChI=1S/C23H24N2O4S/c1-16-7-9-20(10-8-16)25-30(27,28)21-13-11-19(12-14-21)24-23(26)15-29-22-6-4-5-17(2)18(22)3/h4-14,25H,15H2,1-3H3,(H,24,26). The fourth-order valence-corrected chi connectivity index (χ4v) is 3.83. The Morgan fingerprint density at radius 1 is 0.867 bits per heavy atom. The van der Waals surface area contributed by atoms with Crippen molar-refractivity contribution in [2.45, 2.75) is 25.7 Å². The molecule has 3 aromatic rings. The highest BCUT2D eigenvalue weighted by molar-refractivity contribution is 7.92. The molecule has 0 bridgehead atoms. The maximum absolute atomic E-state index is 12.5. The van der Waals surface area contributed by atoms with Crippen LogP contribution in [0.4, 0.5) is 11.4 Å². The van der Waals surface area contributed by atoms with Crippen molar-refractivity contribution in [3.63, 3.8) is 0 Å². The summed E-state index contributed by atoms with van der Waals surface area (Å²) in [5.74, 6) is 0.332. The lowest BCUT2D eigenvalue weighted by atomic mass is 10.1. The highest BCUT2D eigenvalue weighted by Crippen LogP contribution is 2.21. The van der Waals surface area contributed by atoms with Crippen LogP contribution in [0.1, 0.15) is 16.7 Å². The molecular weight excluding hydrogens is 400 g/mol. The van der Waals surface area contributed by atoms with Crippen molar-refractivity contribution in [3.8, 4) is 5.75 Å². The molecule has 3 aromatic carbocycles. The lowest BCUT2D eigenvalue weighted by Crippen LogP contribution is -2.20. The minimum absolute atomic E-state index is 0.104. The van der Waals surface area contributed by atoms with Gasteiger partial charge in [-0.05, 0) is 74.4 Å². The van der Waals surface area contributed by atoms with Gasteiger partial charge in [0.1, 0.15) is 5.75 Å². The van der Waals surface area contributed by atoms with E-state index in [1.165, 1.54) is 12.1 Å². The zero-order valence-electron chi connectivity index (χ0n) is 17.1. The molecule has 2 N–H and O–H groups in total. The molecule has 0 aromatic heterocycles. The third kappa shape index (κ3) is 5.39. The second-order valence-electron chi connectivity index (χ2n) is 7.03. The Kier molecular flexibility index (Phi) is 6.42. The molecule has 156 valence electrons. The summed E-state index contributed by atoms with van der Waals surface area (Å²) in [6, 6.07) is 18.7. The summed E-state index contributed by atoms with van der Waals surface area (Å²) in [6.45, 7) is 5.70. The molecule has 0 aliphatic heterocycles. The fourth-order valence-electron chi connectivity index (χ4n) is 2.77. The molecule has 7 heteroatoms. The molecule has 0 saturated carbocycles. The van der Waals surface area contributed by atoms with Crippen molar-refractivity contribution in [1.29, 1.82) is 0 Å². The first-order valence-electron chi connectivity index (χ1n) is 9.43. The smallest absolute Gasteiger partial charge is 0.262 e. The van der Waals surface area contributed by atoms with Crippen molar-refractivity contribution in [2.75, 3.05) is 16.6 Å². The van der Waals surface area contributed by atoms with E-state index in [1.807, 2.05) is 51.1 Å². The number of carbonyl (C=O) groups excluding carboxylic acids is 1. The van der Waals surface area contributed by atoms with Crippen LogP contribution in [0.25, 0.3) is 0 Å². The third-order valence-corrected chi connectivity index (χ3v) is 6.06. The van der Waals surface area contributed by atoms with Crippen molar-refractivity contribution >= 4 is 27.3 Å². The van der Waals surface area contributed by atoms with E-state index >= 15 is 0 Å². The van der Waals surface area contributed by atoms with Gasteiger partial charge in [0, 0.05) is 11.4 Å². The number of rotatable bonds is 7. The lowest BCUT2D eigenvalue weighted by Gasteiger charge is -2.12. The van der Waals surface area contributed by atoms with Crippen LogP contribution in [0, 0.1) is 20.8 Å². The zero-order chi connectivity index (χ0) is 21.7. The number of amides is 1. The predicted molar refractivity (Wildman–Crippen MR) is 118 cm³/mol. The molecule has 0 aliphatic carbocycles. The van der Waals surface area contributed by atoms with Gasteiger partial charge in [0.05, 0.1) is 4.90 Å². The summed E-state index contributed by atoms with van der Waals surface area (Å²) in [6.07, 6.45) is 0. The Morgan fingerprint density at radius 3 is 2.17 bits per heavy atom. The minimum Gasteiger partial charge on any atom is -0.483 e. The van der Waals surface area contributed by atoms with Crippen LogP contribution in [0.3, 0.4) is 0 Å². The molecule has 30 heavy (non-hydrogen) atoms. The number of sulfonamides is 1. The third-order valence-electron chi connectivity index (χ3n) is 4.67. The molecule has 0 radical (unpaired) electrons. The van der Waals surface area contributed by atoms with Gasteiger partial charge in [0.25, 0.3) is 15.9 Å². The Labute approximate surface area is 177 Å². The molecule has 0 spiro atoms. The molecule has 0 fully saturated rings. The maximum atomic E-state index is 12.5. The van der Waals surface area contributed by atoms with Crippen LogP contribution in [-0.2, 0) is 14.8 Å². The van der Waals surface area contributed by atoms with Gasteiger partial charge in [-0.1, -0.05) is 29.8 Å². The van der Waals surface area contributed by atoms with Gasteiger partial charge >= 0.3 is 0 Å². The highest BCUT2D eigenvalue weighted by atomic mass is 32.2. The lowest BCUT2D eigenvalue weighted by molar-refractivity contribution is -0.118. The van der Waals surface area contributed by atoms with Crippen molar-refractivity contribution in [1.82, 2.24) is 0 Å². The van der Waals surface area contributed by atoms with Crippen LogP contribution in [0.5, 0.6) is 5.75 Å². The van der Waals surface area contributed by atoms with Crippen molar-refractivity contribution in [3.05, 3.63) is 83.4 Å². The topological polar surface area (TPSA) is 84.5 Å². The Hall–Kier alpha value is -3.32. The second-order valence-corrected chi connectivity index (χ2v) is 8.71. The number of hydrogen-bond donors (Lipinski definition) is 2. The van der Waals surface area contributed by atoms with Gasteiger partial charge in [0.2, 0.25) is 0 Å². The first-order valence-corrected chi connectivity index (χ1v) is 10.9. The molecule has 0 atom stereocenters. The summed E-state index contributed by atoms with van der Waals surface area (Å²) in [5.41, 5.74) is 4.09. The number of aryl methyl sites for hydroxylation is 2. The molecule has 6 nitrogen and oxygen atoms in total. The van der Waals surface area contributed by atoms with E-state index in [4.69, 9.17) is 4.74 Å². The normalized spacial score (nSPS) is 11.0. The quantitative estimate of drug-likeness (QED) is 0.588. The molecule has 0 saturated heterocycles. The Bertz CT molecular complexity index is 1140. The van der Waals surface area contributed by atoms with Crippen LogP contribution in [0.15, 0.2) is 71.6 Å². The fraction of sp³-hybridized carbons (Fsp3) is 0.174. The van der Waals surface area contributed by atoms with E-state index in [0.29, 0.717) is 17.1 Å². The largest absolute Gasteiger partial charge is 0.483 e. The van der Waals surface area contributed by atoms with Crippen molar-refractivity contribution < 1.29 is 17.9 Å². The van der Waals surface area contributed by atoms with E-state index < -0.39 is 10.0 Å². The van der Waals surface area contributed by atoms with E-state index in [1.54, 1.807) is 24.3 Å². The van der Waals surface area contributed by atoms with Gasteiger partial charge < -0.3 is 10.1 Å². The number of ether oxygens (including phenoxy) is 1. The Balaban J connectivity index is 1.60. The monoisotopic (exact) mass is 424 g/mol. The van der Waals surface area contributed by atoms with Gasteiger partial charge in [-0.3, -0.25) is 9.52 Å². The summed E-state index contributed by atoms with van der Waals surface area (Å²) >= 11 is 0. The predicted octanol–water partition coefficient (Wildman–Crippen LogP) is 4.43. The number of hydrogen-bond acceptors (Lipinski definition) is 4. The summed E-state index contributed by atoms with van der Waals surface area (Å²) in [7, 11) is -3.71. The average molecular weight is 425 g/mol. The van der Waals surface area contributed by atoms with E-state index in [-0.39, 0.29) is 17.4 Å². The summed E-state index contributed by atoms with van der Waals surface area (Å²) in [4.78, 5) is 12.3. The minimum atomic E-state index is -3.71. The number of nitrogens with one attached hydrogen (secondary N) is 2. The molecule has 0 unspecified atom stereocenters. The van der Waals surface area contributed by atoms with Crippen molar-refractivity contribution in [2.24, 2.45) is 0 Å². The summed E-state index contributed by atoms with van der Waals surface area (Å²) < 4.78 is 33.2. The number of carbonyl (C=O) groups is 1. The van der Waals surface area contributed by atoms with Crippen LogP contribution in [-0.4, -0.2) is 20.9 Å². The molecular formula is C23H24N2O4S. The highest BCUT2D eigenvalue weighted by Gasteiger charge is 2.14. The first-order chi connectivity index (χ1) is 14.2. The number of benzene rings is 3. The number of anilines is 2. The average Bonchev–Trinajstić information content (AvgIpc) is 2.71. The summed E-state index contributed by atoms with van der Waals surface area (Å²) in [5, 5.41) is 2.70. The van der Waals surface area contributed by atoms with Gasteiger partial charge in [0.15, 0.2) is 6.61 Å². The molecule has 1 amide bonds. The van der Waals surface area contributed by atoms with Gasteiger partial charge in [-0.25, -0.2) is 8.42 Å². The van der Waals surface area contributed by atoms with Gasteiger partial charge in [-0.15, -0.1) is 0 Å². The Morgan fingerprint density at radius 2 is 1.50 bits per heavy atom. The van der Waals surface area contributed by atoms with Crippen LogP contribution in [0.2, 0.25) is 0 Å². The van der Waals surface area contributed by atoms with E-state index in [9.17, 15) is 13.2 Å². The molecule has 0 heterocycles. The van der Waals surface area contributed by atoms with Crippen LogP contribution < -0.4 is 14.8 Å². The first kappa shape index (κ1) is 21.4. The van der Waals surface area contributed by atoms with Crippen LogP contribution >= 0.6 is 0 Å². The van der Waals surface area contributed by atoms with E-state index in [2.05, 4.69) is 10.0 Å². The van der Waals surface area contributed by atoms with E-state index in [0.717, 1.165) is 16.7 Å². The SMILES string of the molecule is Cc1ccc(NS(=O)(=O)c2ccc(NC(=O)COc3cccc(C)c3C)cc2)cc1. The maximum Gasteiger partial charge on any atom is 0.262 e. The van der Waals surface area contributed by atoms with Gasteiger partial charge in [-0.2, -0.15) is 0 Å².